The van der Waals surface area contributed by atoms with Gasteiger partial charge in [-0.3, -0.25) is 0 Å². The molecule has 19 heavy (non-hydrogen) atoms. The van der Waals surface area contributed by atoms with Gasteiger partial charge in [0.05, 0.1) is 18.5 Å². The maximum Gasteiger partial charge on any atom is 0.121 e. The summed E-state index contributed by atoms with van der Waals surface area (Å²) in [5.74, 6) is 0.871. The van der Waals surface area contributed by atoms with Crippen molar-refractivity contribution in [1.29, 1.82) is 0 Å². The number of ether oxygens (including phenoxy) is 1. The molecule has 0 amide bonds. The number of aryl methyl sites for hydroxylation is 1. The second-order valence-corrected chi connectivity index (χ2v) is 4.38. The third kappa shape index (κ3) is 2.88. The normalized spacial score (nSPS) is 10.0. The highest BCUT2D eigenvalue weighted by molar-refractivity contribution is 5.81. The largest absolute Gasteiger partial charge is 0.496 e. The van der Waals surface area contributed by atoms with Gasteiger partial charge in [0.15, 0.2) is 0 Å². The van der Waals surface area contributed by atoms with Crippen molar-refractivity contribution in [3.8, 4) is 5.75 Å². The van der Waals surface area contributed by atoms with Crippen LogP contribution in [0.1, 0.15) is 11.1 Å². The minimum atomic E-state index is 0.703. The standard InChI is InChI=1S/C16H18N2O/c1-11-10-13(8-9-16(11)19-3)12(2)18-15-7-5-4-6-14(15)17/h4-10,18H,2,17H2,1,3H3. The fourth-order valence-electron chi connectivity index (χ4n) is 1.91. The highest BCUT2D eigenvalue weighted by atomic mass is 16.5. The van der Waals surface area contributed by atoms with Crippen LogP contribution >= 0.6 is 0 Å². The van der Waals surface area contributed by atoms with Gasteiger partial charge in [-0.25, -0.2) is 0 Å². The van der Waals surface area contributed by atoms with E-state index >= 15 is 0 Å². The number of benzene rings is 2. The van der Waals surface area contributed by atoms with E-state index in [1.54, 1.807) is 7.11 Å². The summed E-state index contributed by atoms with van der Waals surface area (Å²) >= 11 is 0. The smallest absolute Gasteiger partial charge is 0.121 e. The summed E-state index contributed by atoms with van der Waals surface area (Å²) in [5.41, 5.74) is 10.4. The molecule has 0 radical (unpaired) electrons. The summed E-state index contributed by atoms with van der Waals surface area (Å²) < 4.78 is 5.25. The van der Waals surface area contributed by atoms with Gasteiger partial charge >= 0.3 is 0 Å². The van der Waals surface area contributed by atoms with E-state index < -0.39 is 0 Å². The Kier molecular flexibility index (Phi) is 3.76. The van der Waals surface area contributed by atoms with E-state index in [0.29, 0.717) is 5.69 Å². The maximum atomic E-state index is 5.90. The number of nitrogens with two attached hydrogens (primary N) is 1. The summed E-state index contributed by atoms with van der Waals surface area (Å²) in [5, 5.41) is 3.23. The SMILES string of the molecule is C=C(Nc1ccccc1N)c1ccc(OC)c(C)c1. The second-order valence-electron chi connectivity index (χ2n) is 4.38. The molecule has 2 rings (SSSR count). The van der Waals surface area contributed by atoms with Gasteiger partial charge in [0.25, 0.3) is 0 Å². The molecule has 0 aliphatic rings. The summed E-state index contributed by atoms with van der Waals surface area (Å²) in [4.78, 5) is 0. The predicted molar refractivity (Wildman–Crippen MR) is 81.2 cm³/mol. The molecule has 98 valence electrons. The minimum absolute atomic E-state index is 0.703. The van der Waals surface area contributed by atoms with Crippen molar-refractivity contribution in [1.82, 2.24) is 0 Å². The van der Waals surface area contributed by atoms with Gasteiger partial charge in [-0.05, 0) is 48.4 Å². The average molecular weight is 254 g/mol. The number of para-hydroxylation sites is 2. The molecule has 0 spiro atoms. The van der Waals surface area contributed by atoms with Crippen LogP contribution in [0, 0.1) is 6.92 Å². The third-order valence-electron chi connectivity index (χ3n) is 2.99. The van der Waals surface area contributed by atoms with Gasteiger partial charge in [0.2, 0.25) is 0 Å². The number of nitrogen functional groups attached to an aromatic ring is 1. The Morgan fingerprint density at radius 3 is 2.58 bits per heavy atom. The van der Waals surface area contributed by atoms with Gasteiger partial charge in [-0.15, -0.1) is 0 Å². The van der Waals surface area contributed by atoms with Crippen LogP contribution in [0.15, 0.2) is 49.0 Å². The van der Waals surface area contributed by atoms with Gasteiger partial charge in [-0.2, -0.15) is 0 Å². The van der Waals surface area contributed by atoms with Crippen molar-refractivity contribution in [2.75, 3.05) is 18.2 Å². The first-order valence-corrected chi connectivity index (χ1v) is 6.07. The van der Waals surface area contributed by atoms with Gasteiger partial charge in [0, 0.05) is 5.70 Å². The molecule has 2 aromatic carbocycles. The third-order valence-corrected chi connectivity index (χ3v) is 2.99. The Morgan fingerprint density at radius 2 is 1.95 bits per heavy atom. The first kappa shape index (κ1) is 13.0. The van der Waals surface area contributed by atoms with Crippen molar-refractivity contribution < 1.29 is 4.74 Å². The molecule has 0 heterocycles. The van der Waals surface area contributed by atoms with E-state index in [0.717, 1.165) is 28.3 Å². The Hall–Kier alpha value is -2.42. The molecule has 0 bridgehead atoms. The molecular formula is C16H18N2O. The molecule has 3 heteroatoms. The zero-order valence-electron chi connectivity index (χ0n) is 11.2. The molecule has 3 N–H and O–H groups in total. The number of anilines is 2. The second kappa shape index (κ2) is 5.48. The highest BCUT2D eigenvalue weighted by Gasteiger charge is 2.05. The minimum Gasteiger partial charge on any atom is -0.496 e. The van der Waals surface area contributed by atoms with Crippen LogP contribution in [-0.2, 0) is 0 Å². The van der Waals surface area contributed by atoms with Crippen molar-refractivity contribution >= 4 is 17.1 Å². The topological polar surface area (TPSA) is 47.3 Å². The van der Waals surface area contributed by atoms with Crippen molar-refractivity contribution in [3.05, 3.63) is 60.2 Å². The first-order valence-electron chi connectivity index (χ1n) is 6.07. The van der Waals surface area contributed by atoms with Crippen molar-refractivity contribution in [2.45, 2.75) is 6.92 Å². The summed E-state index contributed by atoms with van der Waals surface area (Å²) in [6.07, 6.45) is 0. The fourth-order valence-corrected chi connectivity index (χ4v) is 1.91. The van der Waals surface area contributed by atoms with Crippen LogP contribution in [-0.4, -0.2) is 7.11 Å². The average Bonchev–Trinajstić information content (AvgIpc) is 2.41. The number of hydrogen-bond acceptors (Lipinski definition) is 3. The lowest BCUT2D eigenvalue weighted by atomic mass is 10.1. The van der Waals surface area contributed by atoms with Gasteiger partial charge in [-0.1, -0.05) is 18.7 Å². The molecule has 3 nitrogen and oxygen atoms in total. The summed E-state index contributed by atoms with van der Waals surface area (Å²) in [7, 11) is 1.67. The molecule has 0 fully saturated rings. The van der Waals surface area contributed by atoms with Gasteiger partial charge in [0.1, 0.15) is 5.75 Å². The number of nitrogens with one attached hydrogen (secondary N) is 1. The van der Waals surface area contributed by atoms with Crippen LogP contribution in [0.25, 0.3) is 5.70 Å². The molecule has 0 atom stereocenters. The fraction of sp³-hybridized carbons (Fsp3) is 0.125. The summed E-state index contributed by atoms with van der Waals surface area (Å²) in [6.45, 7) is 6.06. The lowest BCUT2D eigenvalue weighted by molar-refractivity contribution is 0.411. The van der Waals surface area contributed by atoms with Crippen molar-refractivity contribution in [2.24, 2.45) is 0 Å². The van der Waals surface area contributed by atoms with Crippen LogP contribution in [0.4, 0.5) is 11.4 Å². The zero-order valence-corrected chi connectivity index (χ0v) is 11.2. The molecule has 0 aliphatic carbocycles. The quantitative estimate of drug-likeness (QED) is 0.818. The Bertz CT molecular complexity index is 605. The highest BCUT2D eigenvalue weighted by Crippen LogP contribution is 2.25. The van der Waals surface area contributed by atoms with Crippen LogP contribution in [0.5, 0.6) is 5.75 Å². The lowest BCUT2D eigenvalue weighted by Crippen LogP contribution is -2.01. The lowest BCUT2D eigenvalue weighted by Gasteiger charge is -2.13. The van der Waals surface area contributed by atoms with Crippen molar-refractivity contribution in [3.63, 3.8) is 0 Å². The first-order chi connectivity index (χ1) is 9.11. The molecule has 0 unspecified atom stereocenters. The van der Waals surface area contributed by atoms with Crippen LogP contribution < -0.4 is 15.8 Å². The van der Waals surface area contributed by atoms with E-state index in [1.807, 2.05) is 49.4 Å². The van der Waals surface area contributed by atoms with Crippen LogP contribution in [0.2, 0.25) is 0 Å². The molecule has 0 saturated heterocycles. The number of rotatable bonds is 4. The Morgan fingerprint density at radius 1 is 1.21 bits per heavy atom. The van der Waals surface area contributed by atoms with E-state index in [2.05, 4.69) is 11.9 Å². The Balaban J connectivity index is 2.21. The number of hydrogen-bond donors (Lipinski definition) is 2. The molecule has 0 aromatic heterocycles. The van der Waals surface area contributed by atoms with Crippen LogP contribution in [0.3, 0.4) is 0 Å². The van der Waals surface area contributed by atoms with Gasteiger partial charge < -0.3 is 15.8 Å². The van der Waals surface area contributed by atoms with E-state index in [-0.39, 0.29) is 0 Å². The zero-order chi connectivity index (χ0) is 13.8. The van der Waals surface area contributed by atoms with E-state index in [4.69, 9.17) is 10.5 Å². The van der Waals surface area contributed by atoms with E-state index in [1.165, 1.54) is 0 Å². The predicted octanol–water partition coefficient (Wildman–Crippen LogP) is 3.67. The molecule has 0 aliphatic heterocycles. The molecule has 0 saturated carbocycles. The monoisotopic (exact) mass is 254 g/mol. The molecule has 2 aromatic rings. The summed E-state index contributed by atoms with van der Waals surface area (Å²) in [6, 6.07) is 13.6. The van der Waals surface area contributed by atoms with E-state index in [9.17, 15) is 0 Å². The maximum absolute atomic E-state index is 5.90. The number of methoxy groups -OCH3 is 1. The Labute approximate surface area is 113 Å². The molecular weight excluding hydrogens is 236 g/mol.